The van der Waals surface area contributed by atoms with Gasteiger partial charge in [-0.15, -0.1) is 0 Å². The fourth-order valence-electron chi connectivity index (χ4n) is 1.18. The smallest absolute Gasteiger partial charge is 0.0991 e. The summed E-state index contributed by atoms with van der Waals surface area (Å²) in [5.74, 6) is 0. The van der Waals surface area contributed by atoms with Crippen molar-refractivity contribution < 1.29 is 0 Å². The minimum absolute atomic E-state index is 0.713. The molecule has 0 aliphatic heterocycles. The zero-order valence-corrected chi connectivity index (χ0v) is 11.3. The van der Waals surface area contributed by atoms with Gasteiger partial charge in [0.15, 0.2) is 0 Å². The van der Waals surface area contributed by atoms with E-state index in [0.29, 0.717) is 11.1 Å². The summed E-state index contributed by atoms with van der Waals surface area (Å²) in [4.78, 5) is 0. The van der Waals surface area contributed by atoms with Gasteiger partial charge in [0.05, 0.1) is 23.3 Å². The molecule has 0 saturated heterocycles. The molecule has 2 nitrogen and oxygen atoms in total. The van der Waals surface area contributed by atoms with Crippen molar-refractivity contribution in [3.8, 4) is 12.1 Å². The van der Waals surface area contributed by atoms with Crippen molar-refractivity contribution in [2.75, 3.05) is 0 Å². The molecule has 3 heteroatoms. The Morgan fingerprint density at radius 1 is 0.778 bits per heavy atom. The molecule has 0 spiro atoms. The van der Waals surface area contributed by atoms with E-state index in [1.807, 2.05) is 48.5 Å². The highest BCUT2D eigenvalue weighted by Crippen LogP contribution is 2.06. The standard InChI is InChI=1S/C8H6BrN.C7H5N/c9-5-7-1-3-8(6-10)4-2-7;8-6-7-4-2-1-3-5-7/h1-4H,5H2;1-5H. The molecule has 0 bridgehead atoms. The Kier molecular flexibility index (Phi) is 6.25. The molecule has 2 rings (SSSR count). The lowest BCUT2D eigenvalue weighted by Gasteiger charge is -1.92. The number of benzene rings is 2. The maximum absolute atomic E-state index is 8.44. The molecule has 0 aliphatic rings. The van der Waals surface area contributed by atoms with E-state index >= 15 is 0 Å². The summed E-state index contributed by atoms with van der Waals surface area (Å²) in [5.41, 5.74) is 2.62. The molecule has 2 aromatic carbocycles. The molecule has 0 aliphatic carbocycles. The van der Waals surface area contributed by atoms with Crippen LogP contribution in [-0.4, -0.2) is 0 Å². The number of nitriles is 2. The second-order valence-electron chi connectivity index (χ2n) is 3.42. The van der Waals surface area contributed by atoms with Gasteiger partial charge in [0.25, 0.3) is 0 Å². The third-order valence-electron chi connectivity index (χ3n) is 2.14. The van der Waals surface area contributed by atoms with Gasteiger partial charge in [0.2, 0.25) is 0 Å². The molecule has 0 unspecified atom stereocenters. The third kappa shape index (κ3) is 4.82. The van der Waals surface area contributed by atoms with Crippen LogP contribution in [0.4, 0.5) is 0 Å². The summed E-state index contributed by atoms with van der Waals surface area (Å²) < 4.78 is 0. The summed E-state index contributed by atoms with van der Waals surface area (Å²) in [6.45, 7) is 0. The molecular weight excluding hydrogens is 288 g/mol. The van der Waals surface area contributed by atoms with Crippen LogP contribution in [0.15, 0.2) is 54.6 Å². The first-order valence-electron chi connectivity index (χ1n) is 5.30. The van der Waals surface area contributed by atoms with Crippen LogP contribution in [0, 0.1) is 22.7 Å². The van der Waals surface area contributed by atoms with Crippen molar-refractivity contribution in [1.29, 1.82) is 10.5 Å². The van der Waals surface area contributed by atoms with Gasteiger partial charge in [-0.1, -0.05) is 46.3 Å². The second kappa shape index (κ2) is 8.06. The Bertz CT molecular complexity index is 548. The van der Waals surface area contributed by atoms with Crippen LogP contribution in [0.25, 0.3) is 0 Å². The molecule has 0 amide bonds. The highest BCUT2D eigenvalue weighted by atomic mass is 79.9. The average molecular weight is 299 g/mol. The highest BCUT2D eigenvalue weighted by Gasteiger charge is 1.89. The van der Waals surface area contributed by atoms with E-state index in [1.165, 1.54) is 5.56 Å². The zero-order valence-electron chi connectivity index (χ0n) is 9.68. The number of hydrogen-bond donors (Lipinski definition) is 0. The van der Waals surface area contributed by atoms with Crippen molar-refractivity contribution in [3.63, 3.8) is 0 Å². The van der Waals surface area contributed by atoms with Crippen molar-refractivity contribution in [3.05, 3.63) is 71.3 Å². The van der Waals surface area contributed by atoms with Gasteiger partial charge in [-0.3, -0.25) is 0 Å². The number of alkyl halides is 1. The first-order valence-corrected chi connectivity index (χ1v) is 6.42. The Labute approximate surface area is 115 Å². The maximum Gasteiger partial charge on any atom is 0.0991 e. The fourth-order valence-corrected chi connectivity index (χ4v) is 1.55. The van der Waals surface area contributed by atoms with E-state index in [0.717, 1.165) is 5.33 Å². The van der Waals surface area contributed by atoms with Crippen molar-refractivity contribution in [2.24, 2.45) is 0 Å². The quantitative estimate of drug-likeness (QED) is 0.747. The summed E-state index contributed by atoms with van der Waals surface area (Å²) >= 11 is 3.32. The van der Waals surface area contributed by atoms with Crippen molar-refractivity contribution >= 4 is 15.9 Å². The lowest BCUT2D eigenvalue weighted by molar-refractivity contribution is 1.41. The van der Waals surface area contributed by atoms with E-state index in [-0.39, 0.29) is 0 Å². The average Bonchev–Trinajstić information content (AvgIpc) is 2.49. The number of hydrogen-bond acceptors (Lipinski definition) is 2. The maximum atomic E-state index is 8.44. The summed E-state index contributed by atoms with van der Waals surface area (Å²) in [6.07, 6.45) is 0. The van der Waals surface area contributed by atoms with Crippen LogP contribution in [0.2, 0.25) is 0 Å². The minimum Gasteiger partial charge on any atom is -0.192 e. The van der Waals surface area contributed by atoms with Gasteiger partial charge in [-0.05, 0) is 29.8 Å². The minimum atomic E-state index is 0.713. The van der Waals surface area contributed by atoms with E-state index in [2.05, 4.69) is 22.0 Å². The van der Waals surface area contributed by atoms with Crippen LogP contribution in [0.1, 0.15) is 16.7 Å². The molecule has 0 atom stereocenters. The van der Waals surface area contributed by atoms with Crippen molar-refractivity contribution in [2.45, 2.75) is 5.33 Å². The molecule has 2 aromatic rings. The van der Waals surface area contributed by atoms with Gasteiger partial charge < -0.3 is 0 Å². The molecule has 0 fully saturated rings. The van der Waals surface area contributed by atoms with Crippen LogP contribution in [0.5, 0.6) is 0 Å². The molecule has 0 N–H and O–H groups in total. The SMILES string of the molecule is N#Cc1ccc(CBr)cc1.N#Cc1ccccc1. The lowest BCUT2D eigenvalue weighted by Crippen LogP contribution is -1.76. The monoisotopic (exact) mass is 298 g/mol. The zero-order chi connectivity index (χ0) is 13.2. The summed E-state index contributed by atoms with van der Waals surface area (Å²) in [5, 5.41) is 17.6. The van der Waals surface area contributed by atoms with E-state index in [9.17, 15) is 0 Å². The second-order valence-corrected chi connectivity index (χ2v) is 3.98. The topological polar surface area (TPSA) is 47.6 Å². The first kappa shape index (κ1) is 14.0. The molecule has 0 heterocycles. The van der Waals surface area contributed by atoms with Gasteiger partial charge in [-0.25, -0.2) is 0 Å². The highest BCUT2D eigenvalue weighted by molar-refractivity contribution is 9.08. The molecule has 0 aromatic heterocycles. The predicted octanol–water partition coefficient (Wildman–Crippen LogP) is 4.01. The number of halogens is 1. The van der Waals surface area contributed by atoms with Gasteiger partial charge >= 0.3 is 0 Å². The Balaban J connectivity index is 0.000000184. The van der Waals surface area contributed by atoms with Gasteiger partial charge in [0.1, 0.15) is 0 Å². The van der Waals surface area contributed by atoms with Gasteiger partial charge in [-0.2, -0.15) is 10.5 Å². The third-order valence-corrected chi connectivity index (χ3v) is 2.79. The molecule has 88 valence electrons. The van der Waals surface area contributed by atoms with Crippen LogP contribution < -0.4 is 0 Å². The molecule has 0 radical (unpaired) electrons. The first-order chi connectivity index (χ1) is 8.80. The fraction of sp³-hybridized carbons (Fsp3) is 0.0667. The Hall–Kier alpha value is -2.10. The van der Waals surface area contributed by atoms with E-state index < -0.39 is 0 Å². The van der Waals surface area contributed by atoms with E-state index in [4.69, 9.17) is 10.5 Å². The van der Waals surface area contributed by atoms with Crippen molar-refractivity contribution in [1.82, 2.24) is 0 Å². The normalized spacial score (nSPS) is 8.39. The van der Waals surface area contributed by atoms with Crippen LogP contribution in [0.3, 0.4) is 0 Å². The Morgan fingerprint density at radius 3 is 1.67 bits per heavy atom. The molecule has 0 saturated carbocycles. The lowest BCUT2D eigenvalue weighted by atomic mass is 10.2. The summed E-state index contributed by atoms with van der Waals surface area (Å²) in [7, 11) is 0. The molecular formula is C15H11BrN2. The number of rotatable bonds is 1. The Morgan fingerprint density at radius 2 is 1.28 bits per heavy atom. The van der Waals surface area contributed by atoms with Crippen LogP contribution >= 0.6 is 15.9 Å². The number of nitrogens with zero attached hydrogens (tertiary/aromatic N) is 2. The molecule has 18 heavy (non-hydrogen) atoms. The van der Waals surface area contributed by atoms with Gasteiger partial charge in [0, 0.05) is 5.33 Å². The summed E-state index contributed by atoms with van der Waals surface area (Å²) in [6, 6.07) is 20.7. The van der Waals surface area contributed by atoms with Crippen LogP contribution in [-0.2, 0) is 5.33 Å². The largest absolute Gasteiger partial charge is 0.192 e. The van der Waals surface area contributed by atoms with E-state index in [1.54, 1.807) is 12.1 Å². The predicted molar refractivity (Wildman–Crippen MR) is 74.9 cm³/mol.